The maximum atomic E-state index is 12.3. The van der Waals surface area contributed by atoms with E-state index in [1.54, 1.807) is 0 Å². The Kier molecular flexibility index (Phi) is 4.77. The smallest absolute Gasteiger partial charge is 0.251 e. The summed E-state index contributed by atoms with van der Waals surface area (Å²) >= 11 is 0. The van der Waals surface area contributed by atoms with Gasteiger partial charge in [-0.05, 0) is 38.0 Å². The summed E-state index contributed by atoms with van der Waals surface area (Å²) in [7, 11) is 2.08. The predicted octanol–water partition coefficient (Wildman–Crippen LogP) is 2.61. The highest BCUT2D eigenvalue weighted by Gasteiger charge is 2.31. The topological polar surface area (TPSA) is 66.4 Å². The molecule has 2 aliphatic rings. The van der Waals surface area contributed by atoms with Gasteiger partial charge in [0.25, 0.3) is 5.56 Å². The van der Waals surface area contributed by atoms with Gasteiger partial charge in [-0.2, -0.15) is 0 Å². The van der Waals surface area contributed by atoms with Crippen molar-refractivity contribution in [3.8, 4) is 5.75 Å². The minimum atomic E-state index is 0.00793. The van der Waals surface area contributed by atoms with Crippen molar-refractivity contribution >= 4 is 16.9 Å². The number of hydrogen-bond acceptors (Lipinski definition) is 5. The van der Waals surface area contributed by atoms with Crippen molar-refractivity contribution in [3.05, 3.63) is 51.6 Å². The van der Waals surface area contributed by atoms with Crippen LogP contribution >= 0.6 is 0 Å². The van der Waals surface area contributed by atoms with Crippen LogP contribution in [0.4, 0.5) is 5.95 Å². The molecule has 0 radical (unpaired) electrons. The number of anilines is 1. The van der Waals surface area contributed by atoms with Crippen molar-refractivity contribution in [2.75, 3.05) is 31.1 Å². The van der Waals surface area contributed by atoms with Gasteiger partial charge in [0.05, 0.1) is 12.8 Å². The summed E-state index contributed by atoms with van der Waals surface area (Å²) in [6, 6.07) is 6.60. The van der Waals surface area contributed by atoms with E-state index < -0.39 is 0 Å². The van der Waals surface area contributed by atoms with E-state index in [-0.39, 0.29) is 5.56 Å². The Morgan fingerprint density at radius 1 is 1.27 bits per heavy atom. The second kappa shape index (κ2) is 7.47. The van der Waals surface area contributed by atoms with E-state index in [1.807, 2.05) is 19.2 Å². The van der Waals surface area contributed by atoms with Gasteiger partial charge in [-0.1, -0.05) is 6.92 Å². The van der Waals surface area contributed by atoms with Gasteiger partial charge in [0.2, 0.25) is 5.95 Å². The number of nitrogens with zero attached hydrogens (tertiary/aromatic N) is 4. The van der Waals surface area contributed by atoms with E-state index in [2.05, 4.69) is 50.4 Å². The summed E-state index contributed by atoms with van der Waals surface area (Å²) < 4.78 is 8.36. The molecule has 0 aliphatic carbocycles. The van der Waals surface area contributed by atoms with Crippen LogP contribution in [-0.2, 0) is 20.0 Å². The van der Waals surface area contributed by atoms with E-state index in [4.69, 9.17) is 4.74 Å². The lowest BCUT2D eigenvalue weighted by molar-refractivity contribution is 0.126. The van der Waals surface area contributed by atoms with E-state index in [0.717, 1.165) is 72.7 Å². The van der Waals surface area contributed by atoms with Crippen LogP contribution in [0, 0.1) is 6.92 Å². The van der Waals surface area contributed by atoms with Crippen molar-refractivity contribution in [1.82, 2.24) is 19.4 Å². The summed E-state index contributed by atoms with van der Waals surface area (Å²) in [4.78, 5) is 24.9. The molecule has 7 heteroatoms. The van der Waals surface area contributed by atoms with Crippen molar-refractivity contribution < 1.29 is 4.74 Å². The van der Waals surface area contributed by atoms with Gasteiger partial charge in [-0.3, -0.25) is 9.69 Å². The molecule has 1 aromatic carbocycles. The molecule has 4 heterocycles. The Bertz CT molecular complexity index is 1150. The van der Waals surface area contributed by atoms with Gasteiger partial charge in [0.1, 0.15) is 5.75 Å². The molecule has 2 aliphatic heterocycles. The SMILES string of the molecule is CCc1cc2cc3c(cc2[nH]c1=O)CN1CCN(c2ncc(C)n2C)CC1CCO3. The zero-order valence-corrected chi connectivity index (χ0v) is 17.9. The third kappa shape index (κ3) is 3.27. The summed E-state index contributed by atoms with van der Waals surface area (Å²) in [6.45, 7) is 8.52. The molecule has 0 spiro atoms. The summed E-state index contributed by atoms with van der Waals surface area (Å²) in [5.74, 6) is 1.99. The molecule has 5 rings (SSSR count). The van der Waals surface area contributed by atoms with Gasteiger partial charge >= 0.3 is 0 Å². The maximum Gasteiger partial charge on any atom is 0.251 e. The van der Waals surface area contributed by atoms with Crippen LogP contribution in [0.25, 0.3) is 10.9 Å². The standard InChI is InChI=1S/C23H29N5O2/c1-4-16-9-17-11-21-18(10-20(17)25-22(16)29)13-27-6-7-28(14-19(27)5-8-30-21)23-24-12-15(2)26(23)3/h9-12,19H,4-8,13-14H2,1-3H3,(H,25,29). The lowest BCUT2D eigenvalue weighted by atomic mass is 10.0. The molecule has 0 saturated carbocycles. The number of pyridine rings is 1. The van der Waals surface area contributed by atoms with Crippen molar-refractivity contribution in [2.45, 2.75) is 39.3 Å². The lowest BCUT2D eigenvalue weighted by Crippen LogP contribution is -2.54. The zero-order valence-electron chi connectivity index (χ0n) is 17.9. The molecule has 1 saturated heterocycles. The number of aromatic nitrogens is 3. The van der Waals surface area contributed by atoms with E-state index in [0.29, 0.717) is 12.6 Å². The highest BCUT2D eigenvalue weighted by atomic mass is 16.5. The Hall–Kier alpha value is -2.80. The first-order valence-corrected chi connectivity index (χ1v) is 10.8. The Morgan fingerprint density at radius 3 is 2.90 bits per heavy atom. The molecular weight excluding hydrogens is 378 g/mol. The quantitative estimate of drug-likeness (QED) is 0.707. The van der Waals surface area contributed by atoms with Crippen LogP contribution in [0.2, 0.25) is 0 Å². The van der Waals surface area contributed by atoms with Gasteiger partial charge in [0.15, 0.2) is 0 Å². The Balaban J connectivity index is 1.43. The minimum absolute atomic E-state index is 0.00793. The molecule has 1 N–H and O–H groups in total. The number of benzene rings is 1. The molecule has 0 amide bonds. The monoisotopic (exact) mass is 407 g/mol. The van der Waals surface area contributed by atoms with Crippen LogP contribution in [0.1, 0.15) is 30.2 Å². The van der Waals surface area contributed by atoms with Crippen LogP contribution in [0.15, 0.2) is 29.2 Å². The third-order valence-corrected chi connectivity index (χ3v) is 6.65. The zero-order chi connectivity index (χ0) is 20.8. The van der Waals surface area contributed by atoms with Crippen LogP contribution < -0.4 is 15.2 Å². The number of aryl methyl sites for hydroxylation is 2. The first-order valence-electron chi connectivity index (χ1n) is 10.8. The summed E-state index contributed by atoms with van der Waals surface area (Å²) in [6.07, 6.45) is 3.66. The molecule has 2 aromatic heterocycles. The van der Waals surface area contributed by atoms with Crippen molar-refractivity contribution in [2.24, 2.45) is 7.05 Å². The highest BCUT2D eigenvalue weighted by molar-refractivity contribution is 5.82. The van der Waals surface area contributed by atoms with E-state index >= 15 is 0 Å². The van der Waals surface area contributed by atoms with Gasteiger partial charge in [-0.25, -0.2) is 4.98 Å². The predicted molar refractivity (Wildman–Crippen MR) is 118 cm³/mol. The van der Waals surface area contributed by atoms with Gasteiger partial charge < -0.3 is 19.2 Å². The van der Waals surface area contributed by atoms with Crippen LogP contribution in [-0.4, -0.2) is 51.7 Å². The number of rotatable bonds is 2. The molecule has 3 aromatic rings. The molecule has 158 valence electrons. The van der Waals surface area contributed by atoms with E-state index in [1.165, 1.54) is 5.69 Å². The number of hydrogen-bond donors (Lipinski definition) is 1. The fourth-order valence-electron chi connectivity index (χ4n) is 4.70. The number of nitrogens with one attached hydrogen (secondary N) is 1. The Labute approximate surface area is 176 Å². The normalized spacial score (nSPS) is 19.7. The molecule has 30 heavy (non-hydrogen) atoms. The van der Waals surface area contributed by atoms with Crippen LogP contribution in [0.3, 0.4) is 0 Å². The fourth-order valence-corrected chi connectivity index (χ4v) is 4.70. The largest absolute Gasteiger partial charge is 0.493 e. The molecule has 1 fully saturated rings. The Morgan fingerprint density at radius 2 is 2.13 bits per heavy atom. The number of ether oxygens (including phenoxy) is 1. The number of fused-ring (bicyclic) bond motifs is 3. The van der Waals surface area contributed by atoms with Gasteiger partial charge in [-0.15, -0.1) is 0 Å². The number of H-pyrrole nitrogens is 1. The molecule has 7 nitrogen and oxygen atoms in total. The second-order valence-corrected chi connectivity index (χ2v) is 8.49. The average Bonchev–Trinajstić information content (AvgIpc) is 3.06. The lowest BCUT2D eigenvalue weighted by Gasteiger charge is -2.43. The third-order valence-electron chi connectivity index (χ3n) is 6.65. The van der Waals surface area contributed by atoms with Crippen molar-refractivity contribution in [3.63, 3.8) is 0 Å². The number of imidazole rings is 1. The van der Waals surface area contributed by atoms with Crippen LogP contribution in [0.5, 0.6) is 5.75 Å². The molecule has 1 atom stereocenters. The molecule has 0 bridgehead atoms. The minimum Gasteiger partial charge on any atom is -0.493 e. The summed E-state index contributed by atoms with van der Waals surface area (Å²) in [5, 5.41) is 1.04. The fraction of sp³-hybridized carbons (Fsp3) is 0.478. The van der Waals surface area contributed by atoms with Crippen molar-refractivity contribution in [1.29, 1.82) is 0 Å². The van der Waals surface area contributed by atoms with Gasteiger partial charge in [0, 0.05) is 67.0 Å². The number of piperazine rings is 1. The molecule has 1 unspecified atom stereocenters. The first-order chi connectivity index (χ1) is 14.5. The van der Waals surface area contributed by atoms with E-state index in [9.17, 15) is 4.79 Å². The number of aromatic amines is 1. The maximum absolute atomic E-state index is 12.3. The highest BCUT2D eigenvalue weighted by Crippen LogP contribution is 2.31. The summed E-state index contributed by atoms with van der Waals surface area (Å²) in [5.41, 5.74) is 4.03. The second-order valence-electron chi connectivity index (χ2n) is 8.49. The molecular formula is C23H29N5O2. The average molecular weight is 408 g/mol. The first kappa shape index (κ1) is 19.2.